The van der Waals surface area contributed by atoms with Crippen molar-refractivity contribution < 1.29 is 0 Å². The molecule has 0 spiro atoms. The number of nitrogens with zero attached hydrogens (tertiary/aromatic N) is 3. The lowest BCUT2D eigenvalue weighted by Gasteiger charge is -2.08. The predicted octanol–water partition coefficient (Wildman–Crippen LogP) is 4.29. The van der Waals surface area contributed by atoms with Gasteiger partial charge in [0.25, 0.3) is 0 Å². The lowest BCUT2D eigenvalue weighted by atomic mass is 10.1. The van der Waals surface area contributed by atoms with Crippen molar-refractivity contribution in [2.45, 2.75) is 6.54 Å². The smallest absolute Gasteiger partial charge is 0.137 e. The van der Waals surface area contributed by atoms with Crippen LogP contribution in [-0.2, 0) is 6.54 Å². The van der Waals surface area contributed by atoms with Gasteiger partial charge >= 0.3 is 0 Å². The molecule has 0 radical (unpaired) electrons. The van der Waals surface area contributed by atoms with Crippen LogP contribution >= 0.6 is 11.6 Å². The summed E-state index contributed by atoms with van der Waals surface area (Å²) in [5.74, 6) is 0.722. The molecule has 6 heteroatoms. The van der Waals surface area contributed by atoms with E-state index in [4.69, 9.17) is 11.6 Å². The number of halogens is 1. The third-order valence-electron chi connectivity index (χ3n) is 3.75. The first-order valence-electron chi connectivity index (χ1n) is 7.52. The SMILES string of the molecule is Clc1cc(-c2c[nH]c3ncccc23)cc(NCc2cccnc2)n1. The van der Waals surface area contributed by atoms with E-state index in [-0.39, 0.29) is 0 Å². The van der Waals surface area contributed by atoms with E-state index in [9.17, 15) is 0 Å². The van der Waals surface area contributed by atoms with Gasteiger partial charge in [-0.25, -0.2) is 9.97 Å². The molecule has 2 N–H and O–H groups in total. The summed E-state index contributed by atoms with van der Waals surface area (Å²) in [5.41, 5.74) is 3.97. The minimum absolute atomic E-state index is 0.444. The number of aromatic amines is 1. The number of anilines is 1. The minimum Gasteiger partial charge on any atom is -0.366 e. The zero-order valence-corrected chi connectivity index (χ0v) is 13.5. The fraction of sp³-hybridized carbons (Fsp3) is 0.0556. The van der Waals surface area contributed by atoms with E-state index in [1.165, 1.54) is 0 Å². The molecule has 24 heavy (non-hydrogen) atoms. The Morgan fingerprint density at radius 2 is 2.04 bits per heavy atom. The van der Waals surface area contributed by atoms with Crippen LogP contribution in [0.25, 0.3) is 22.2 Å². The molecule has 0 saturated carbocycles. The van der Waals surface area contributed by atoms with Crippen molar-refractivity contribution in [3.63, 3.8) is 0 Å². The molecule has 4 aromatic rings. The summed E-state index contributed by atoms with van der Waals surface area (Å²) in [4.78, 5) is 16.0. The summed E-state index contributed by atoms with van der Waals surface area (Å²) in [6, 6.07) is 11.7. The van der Waals surface area contributed by atoms with Gasteiger partial charge in [-0.3, -0.25) is 4.98 Å². The Balaban J connectivity index is 1.66. The first-order valence-corrected chi connectivity index (χ1v) is 7.90. The second-order valence-electron chi connectivity index (χ2n) is 5.38. The predicted molar refractivity (Wildman–Crippen MR) is 95.9 cm³/mol. The van der Waals surface area contributed by atoms with Crippen LogP contribution in [0.5, 0.6) is 0 Å². The molecule has 0 fully saturated rings. The quantitative estimate of drug-likeness (QED) is 0.546. The molecular weight excluding hydrogens is 322 g/mol. The van der Waals surface area contributed by atoms with Gasteiger partial charge in [-0.05, 0) is 41.5 Å². The molecule has 0 saturated heterocycles. The van der Waals surface area contributed by atoms with Gasteiger partial charge in [0.1, 0.15) is 16.6 Å². The molecule has 0 unspecified atom stereocenters. The first-order chi connectivity index (χ1) is 11.8. The van der Waals surface area contributed by atoms with E-state index in [1.807, 2.05) is 48.8 Å². The molecule has 4 aromatic heterocycles. The van der Waals surface area contributed by atoms with E-state index in [0.717, 1.165) is 33.5 Å². The van der Waals surface area contributed by atoms with Crippen LogP contribution in [0.3, 0.4) is 0 Å². The molecule has 5 nitrogen and oxygen atoms in total. The molecule has 0 amide bonds. The van der Waals surface area contributed by atoms with Gasteiger partial charge in [0.05, 0.1) is 0 Å². The molecule has 0 bridgehead atoms. The minimum atomic E-state index is 0.444. The van der Waals surface area contributed by atoms with Crippen molar-refractivity contribution in [2.24, 2.45) is 0 Å². The summed E-state index contributed by atoms with van der Waals surface area (Å²) in [6.07, 6.45) is 7.28. The number of H-pyrrole nitrogens is 1. The van der Waals surface area contributed by atoms with E-state index in [2.05, 4.69) is 25.3 Å². The maximum Gasteiger partial charge on any atom is 0.137 e. The molecule has 0 atom stereocenters. The standard InChI is InChI=1S/C18H14ClN5/c19-16-7-13(15-11-23-18-14(15)4-2-6-21-18)8-17(24-16)22-10-12-3-1-5-20-9-12/h1-9,11H,10H2,(H,21,23)(H,22,24). The van der Waals surface area contributed by atoms with Crippen LogP contribution in [0, 0.1) is 0 Å². The molecule has 4 heterocycles. The molecule has 0 aliphatic rings. The molecule has 4 rings (SSSR count). The Hall–Kier alpha value is -2.92. The second kappa shape index (κ2) is 6.29. The van der Waals surface area contributed by atoms with Crippen LogP contribution < -0.4 is 5.32 Å². The van der Waals surface area contributed by atoms with Crippen molar-refractivity contribution in [1.29, 1.82) is 0 Å². The van der Waals surface area contributed by atoms with Gasteiger partial charge in [-0.1, -0.05) is 17.7 Å². The van der Waals surface area contributed by atoms with Crippen molar-refractivity contribution >= 4 is 28.5 Å². The average molecular weight is 336 g/mol. The highest BCUT2D eigenvalue weighted by Gasteiger charge is 2.09. The number of hydrogen-bond donors (Lipinski definition) is 2. The summed E-state index contributed by atoms with van der Waals surface area (Å²) in [6.45, 7) is 0.635. The molecular formula is C18H14ClN5. The highest BCUT2D eigenvalue weighted by molar-refractivity contribution is 6.29. The van der Waals surface area contributed by atoms with Gasteiger partial charge in [-0.2, -0.15) is 0 Å². The summed E-state index contributed by atoms with van der Waals surface area (Å²) < 4.78 is 0. The Labute approximate surface area is 143 Å². The Morgan fingerprint density at radius 3 is 2.92 bits per heavy atom. The van der Waals surface area contributed by atoms with Crippen LogP contribution in [0.4, 0.5) is 5.82 Å². The van der Waals surface area contributed by atoms with Crippen molar-refractivity contribution in [3.8, 4) is 11.1 Å². The topological polar surface area (TPSA) is 66.5 Å². The maximum absolute atomic E-state index is 6.21. The van der Waals surface area contributed by atoms with Crippen LogP contribution in [-0.4, -0.2) is 19.9 Å². The lowest BCUT2D eigenvalue weighted by Crippen LogP contribution is -2.02. The first kappa shape index (κ1) is 14.7. The van der Waals surface area contributed by atoms with Crippen molar-refractivity contribution in [2.75, 3.05) is 5.32 Å². The molecule has 118 valence electrons. The van der Waals surface area contributed by atoms with Crippen LogP contribution in [0.15, 0.2) is 61.2 Å². The van der Waals surface area contributed by atoms with Gasteiger partial charge in [-0.15, -0.1) is 0 Å². The monoisotopic (exact) mass is 335 g/mol. The Bertz CT molecular complexity index is 981. The maximum atomic E-state index is 6.21. The highest BCUT2D eigenvalue weighted by atomic mass is 35.5. The van der Waals surface area contributed by atoms with E-state index in [1.54, 1.807) is 12.4 Å². The van der Waals surface area contributed by atoms with Gasteiger partial charge in [0.15, 0.2) is 0 Å². The normalized spacial score (nSPS) is 10.9. The number of rotatable bonds is 4. The van der Waals surface area contributed by atoms with E-state index >= 15 is 0 Å². The summed E-state index contributed by atoms with van der Waals surface area (Å²) in [7, 11) is 0. The Morgan fingerprint density at radius 1 is 1.12 bits per heavy atom. The van der Waals surface area contributed by atoms with Gasteiger partial charge in [0.2, 0.25) is 0 Å². The number of fused-ring (bicyclic) bond motifs is 1. The number of pyridine rings is 3. The zero-order chi connectivity index (χ0) is 16.4. The van der Waals surface area contributed by atoms with Crippen molar-refractivity contribution in [1.82, 2.24) is 19.9 Å². The third-order valence-corrected chi connectivity index (χ3v) is 3.95. The van der Waals surface area contributed by atoms with Crippen molar-refractivity contribution in [3.05, 3.63) is 71.9 Å². The largest absolute Gasteiger partial charge is 0.366 e. The Kier molecular flexibility index (Phi) is 3.84. The van der Waals surface area contributed by atoms with E-state index < -0.39 is 0 Å². The number of aromatic nitrogens is 4. The molecule has 0 aromatic carbocycles. The fourth-order valence-corrected chi connectivity index (χ4v) is 2.84. The number of nitrogens with one attached hydrogen (secondary N) is 2. The number of hydrogen-bond acceptors (Lipinski definition) is 4. The zero-order valence-electron chi connectivity index (χ0n) is 12.7. The highest BCUT2D eigenvalue weighted by Crippen LogP contribution is 2.30. The fourth-order valence-electron chi connectivity index (χ4n) is 2.63. The second-order valence-corrected chi connectivity index (χ2v) is 5.77. The molecule has 0 aliphatic carbocycles. The van der Waals surface area contributed by atoms with E-state index in [0.29, 0.717) is 11.7 Å². The van der Waals surface area contributed by atoms with Crippen LogP contribution in [0.1, 0.15) is 5.56 Å². The van der Waals surface area contributed by atoms with Gasteiger partial charge < -0.3 is 10.3 Å². The third kappa shape index (κ3) is 2.94. The summed E-state index contributed by atoms with van der Waals surface area (Å²) >= 11 is 6.21. The van der Waals surface area contributed by atoms with Crippen LogP contribution in [0.2, 0.25) is 5.15 Å². The average Bonchev–Trinajstić information content (AvgIpc) is 3.05. The lowest BCUT2D eigenvalue weighted by molar-refractivity contribution is 1.09. The molecule has 0 aliphatic heterocycles. The van der Waals surface area contributed by atoms with Gasteiger partial charge in [0, 0.05) is 42.3 Å². The summed E-state index contributed by atoms with van der Waals surface area (Å²) in [5, 5.41) is 4.79.